The third kappa shape index (κ3) is 3.76. The first kappa shape index (κ1) is 12.9. The first-order valence-electron chi connectivity index (χ1n) is 5.07. The van der Waals surface area contributed by atoms with E-state index < -0.39 is 0 Å². The number of nitriles is 1. The molecule has 0 aliphatic rings. The summed E-state index contributed by atoms with van der Waals surface area (Å²) in [6.45, 7) is 1.98. The fourth-order valence-corrected chi connectivity index (χ4v) is 2.25. The summed E-state index contributed by atoms with van der Waals surface area (Å²) in [7, 11) is 1.64. The molecular formula is C12H16N2OS. The number of rotatable bonds is 5. The van der Waals surface area contributed by atoms with Crippen molar-refractivity contribution in [3.63, 3.8) is 0 Å². The van der Waals surface area contributed by atoms with Gasteiger partial charge in [0.1, 0.15) is 5.75 Å². The normalized spacial score (nSPS) is 11.9. The maximum atomic E-state index is 8.82. The number of hydrogen-bond acceptors (Lipinski definition) is 4. The van der Waals surface area contributed by atoms with Gasteiger partial charge in [-0.05, 0) is 25.1 Å². The molecule has 0 fully saturated rings. The minimum Gasteiger partial charge on any atom is -0.496 e. The molecule has 16 heavy (non-hydrogen) atoms. The van der Waals surface area contributed by atoms with Crippen molar-refractivity contribution in [2.75, 3.05) is 12.9 Å². The second-order valence-electron chi connectivity index (χ2n) is 3.63. The molecular weight excluding hydrogens is 220 g/mol. The van der Waals surface area contributed by atoms with Crippen molar-refractivity contribution in [2.45, 2.75) is 18.7 Å². The molecule has 1 aromatic carbocycles. The van der Waals surface area contributed by atoms with E-state index in [0.717, 1.165) is 22.8 Å². The average Bonchev–Trinajstić information content (AvgIpc) is 2.28. The number of hydrogen-bond donors (Lipinski definition) is 1. The van der Waals surface area contributed by atoms with E-state index in [1.54, 1.807) is 24.9 Å². The maximum absolute atomic E-state index is 8.82. The number of thioether (sulfide) groups is 1. The van der Waals surface area contributed by atoms with Gasteiger partial charge in [-0.2, -0.15) is 17.0 Å². The molecule has 1 unspecified atom stereocenters. The van der Waals surface area contributed by atoms with Gasteiger partial charge in [0.15, 0.2) is 0 Å². The quantitative estimate of drug-likeness (QED) is 0.851. The van der Waals surface area contributed by atoms with Crippen LogP contribution in [0.25, 0.3) is 0 Å². The molecule has 0 aromatic heterocycles. The Labute approximate surface area is 101 Å². The van der Waals surface area contributed by atoms with E-state index in [1.165, 1.54) is 0 Å². The van der Waals surface area contributed by atoms with Gasteiger partial charge in [-0.3, -0.25) is 0 Å². The SMILES string of the molecule is COc1ccc(C#N)cc1CSCC(C)N. The first-order valence-corrected chi connectivity index (χ1v) is 6.23. The molecule has 0 heterocycles. The summed E-state index contributed by atoms with van der Waals surface area (Å²) in [5.74, 6) is 2.55. The van der Waals surface area contributed by atoms with Crippen molar-refractivity contribution in [1.82, 2.24) is 0 Å². The van der Waals surface area contributed by atoms with E-state index in [4.69, 9.17) is 15.7 Å². The van der Waals surface area contributed by atoms with E-state index in [1.807, 2.05) is 19.1 Å². The molecule has 0 amide bonds. The molecule has 4 heteroatoms. The molecule has 1 atom stereocenters. The molecule has 1 aromatic rings. The topological polar surface area (TPSA) is 59.0 Å². The Morgan fingerprint density at radius 2 is 2.31 bits per heavy atom. The zero-order valence-corrected chi connectivity index (χ0v) is 10.4. The fraction of sp³-hybridized carbons (Fsp3) is 0.417. The van der Waals surface area contributed by atoms with Crippen LogP contribution in [0.3, 0.4) is 0 Å². The summed E-state index contributed by atoms with van der Waals surface area (Å²) in [5, 5.41) is 8.82. The van der Waals surface area contributed by atoms with Gasteiger partial charge in [0, 0.05) is 23.1 Å². The van der Waals surface area contributed by atoms with E-state index >= 15 is 0 Å². The van der Waals surface area contributed by atoms with Crippen molar-refractivity contribution >= 4 is 11.8 Å². The molecule has 0 radical (unpaired) electrons. The van der Waals surface area contributed by atoms with Crippen LogP contribution in [0, 0.1) is 11.3 Å². The van der Waals surface area contributed by atoms with Crippen LogP contribution in [0.5, 0.6) is 5.75 Å². The lowest BCUT2D eigenvalue weighted by molar-refractivity contribution is 0.411. The Morgan fingerprint density at radius 1 is 1.56 bits per heavy atom. The van der Waals surface area contributed by atoms with E-state index in [0.29, 0.717) is 5.56 Å². The molecule has 0 spiro atoms. The van der Waals surface area contributed by atoms with Crippen molar-refractivity contribution in [2.24, 2.45) is 5.73 Å². The second-order valence-corrected chi connectivity index (χ2v) is 4.66. The van der Waals surface area contributed by atoms with E-state index in [2.05, 4.69) is 6.07 Å². The number of ether oxygens (including phenoxy) is 1. The Kier molecular flexibility index (Phi) is 5.17. The Morgan fingerprint density at radius 3 is 2.88 bits per heavy atom. The van der Waals surface area contributed by atoms with Crippen LogP contribution < -0.4 is 10.5 Å². The standard InChI is InChI=1S/C12H16N2OS/c1-9(14)7-16-8-11-5-10(6-13)3-4-12(11)15-2/h3-5,9H,7-8,14H2,1-2H3. The summed E-state index contributed by atoms with van der Waals surface area (Å²) < 4.78 is 5.25. The second kappa shape index (κ2) is 6.41. The molecule has 0 aliphatic carbocycles. The molecule has 0 saturated heterocycles. The molecule has 1 rings (SSSR count). The van der Waals surface area contributed by atoms with Gasteiger partial charge in [0.05, 0.1) is 18.7 Å². The molecule has 0 bridgehead atoms. The van der Waals surface area contributed by atoms with Crippen molar-refractivity contribution < 1.29 is 4.74 Å². The molecule has 0 aliphatic heterocycles. The minimum absolute atomic E-state index is 0.190. The van der Waals surface area contributed by atoms with Crippen molar-refractivity contribution in [1.29, 1.82) is 5.26 Å². The lowest BCUT2D eigenvalue weighted by atomic mass is 10.1. The summed E-state index contributed by atoms with van der Waals surface area (Å²) >= 11 is 1.75. The zero-order chi connectivity index (χ0) is 12.0. The monoisotopic (exact) mass is 236 g/mol. The van der Waals surface area contributed by atoms with Gasteiger partial charge < -0.3 is 10.5 Å². The largest absolute Gasteiger partial charge is 0.496 e. The lowest BCUT2D eigenvalue weighted by Crippen LogP contribution is -2.17. The number of methoxy groups -OCH3 is 1. The highest BCUT2D eigenvalue weighted by molar-refractivity contribution is 7.98. The highest BCUT2D eigenvalue weighted by Gasteiger charge is 2.05. The summed E-state index contributed by atoms with van der Waals surface area (Å²) in [6, 6.07) is 7.78. The fourth-order valence-electron chi connectivity index (χ4n) is 1.32. The highest BCUT2D eigenvalue weighted by Crippen LogP contribution is 2.24. The molecule has 2 N–H and O–H groups in total. The van der Waals surface area contributed by atoms with Gasteiger partial charge in [-0.25, -0.2) is 0 Å². The summed E-state index contributed by atoms with van der Waals surface area (Å²) in [4.78, 5) is 0. The van der Waals surface area contributed by atoms with E-state index in [-0.39, 0.29) is 6.04 Å². The third-order valence-corrected chi connectivity index (χ3v) is 3.32. The van der Waals surface area contributed by atoms with Crippen LogP contribution in [-0.2, 0) is 5.75 Å². The van der Waals surface area contributed by atoms with E-state index in [9.17, 15) is 0 Å². The van der Waals surface area contributed by atoms with Crippen LogP contribution in [0.2, 0.25) is 0 Å². The van der Waals surface area contributed by atoms with Gasteiger partial charge in [0.2, 0.25) is 0 Å². The van der Waals surface area contributed by atoms with Gasteiger partial charge in [0.25, 0.3) is 0 Å². The lowest BCUT2D eigenvalue weighted by Gasteiger charge is -2.09. The first-order chi connectivity index (χ1) is 7.67. The summed E-state index contributed by atoms with van der Waals surface area (Å²) in [6.07, 6.45) is 0. The number of benzene rings is 1. The summed E-state index contributed by atoms with van der Waals surface area (Å²) in [5.41, 5.74) is 7.39. The van der Waals surface area contributed by atoms with Crippen LogP contribution >= 0.6 is 11.8 Å². The van der Waals surface area contributed by atoms with Crippen LogP contribution in [0.15, 0.2) is 18.2 Å². The average molecular weight is 236 g/mol. The number of nitrogens with zero attached hydrogens (tertiary/aromatic N) is 1. The third-order valence-electron chi connectivity index (χ3n) is 2.05. The van der Waals surface area contributed by atoms with Gasteiger partial charge in [-0.1, -0.05) is 0 Å². The predicted molar refractivity (Wildman–Crippen MR) is 67.5 cm³/mol. The maximum Gasteiger partial charge on any atom is 0.122 e. The molecule has 3 nitrogen and oxygen atoms in total. The Balaban J connectivity index is 2.72. The molecule has 86 valence electrons. The van der Waals surface area contributed by atoms with Crippen LogP contribution in [-0.4, -0.2) is 18.9 Å². The smallest absolute Gasteiger partial charge is 0.122 e. The van der Waals surface area contributed by atoms with Gasteiger partial charge in [-0.15, -0.1) is 0 Å². The highest BCUT2D eigenvalue weighted by atomic mass is 32.2. The molecule has 0 saturated carbocycles. The van der Waals surface area contributed by atoms with Crippen LogP contribution in [0.4, 0.5) is 0 Å². The number of nitrogens with two attached hydrogens (primary N) is 1. The zero-order valence-electron chi connectivity index (χ0n) is 9.56. The van der Waals surface area contributed by atoms with Crippen molar-refractivity contribution in [3.05, 3.63) is 29.3 Å². The van der Waals surface area contributed by atoms with Gasteiger partial charge >= 0.3 is 0 Å². The van der Waals surface area contributed by atoms with Crippen molar-refractivity contribution in [3.8, 4) is 11.8 Å². The Hall–Kier alpha value is -1.18. The minimum atomic E-state index is 0.190. The Bertz CT molecular complexity index is 385. The predicted octanol–water partition coefficient (Wildman–Crippen LogP) is 2.15. The van der Waals surface area contributed by atoms with Crippen LogP contribution in [0.1, 0.15) is 18.1 Å².